The van der Waals surface area contributed by atoms with Gasteiger partial charge < -0.3 is 10.4 Å². The van der Waals surface area contributed by atoms with Crippen LogP contribution in [0.25, 0.3) is 0 Å². The molecule has 1 amide bonds. The lowest BCUT2D eigenvalue weighted by Crippen LogP contribution is -2.36. The van der Waals surface area contributed by atoms with Crippen LogP contribution < -0.4 is 5.32 Å². The summed E-state index contributed by atoms with van der Waals surface area (Å²) in [6.07, 6.45) is 0.285. The van der Waals surface area contributed by atoms with Gasteiger partial charge in [0.1, 0.15) is 0 Å². The predicted octanol–water partition coefficient (Wildman–Crippen LogP) is 1.24. The molecule has 0 aliphatic carbocycles. The molecular weight excluding hydrogens is 228 g/mol. The van der Waals surface area contributed by atoms with Crippen LogP contribution >= 0.6 is 0 Å². The molecule has 4 heteroatoms. The third kappa shape index (κ3) is 4.56. The first-order valence-corrected chi connectivity index (χ1v) is 5.83. The van der Waals surface area contributed by atoms with E-state index in [4.69, 9.17) is 10.4 Å². The van der Waals surface area contributed by atoms with Crippen molar-refractivity contribution in [3.05, 3.63) is 35.4 Å². The van der Waals surface area contributed by atoms with Gasteiger partial charge >= 0.3 is 0 Å². The van der Waals surface area contributed by atoms with Crippen LogP contribution in [0.3, 0.4) is 0 Å². The first-order valence-electron chi connectivity index (χ1n) is 5.83. The van der Waals surface area contributed by atoms with Crippen molar-refractivity contribution in [1.29, 1.82) is 5.26 Å². The van der Waals surface area contributed by atoms with Gasteiger partial charge in [0.2, 0.25) is 5.91 Å². The molecule has 0 atom stereocenters. The van der Waals surface area contributed by atoms with E-state index < -0.39 is 0 Å². The van der Waals surface area contributed by atoms with Gasteiger partial charge in [-0.25, -0.2) is 0 Å². The molecule has 0 fully saturated rings. The Morgan fingerprint density at radius 2 is 2.00 bits per heavy atom. The molecule has 0 aliphatic heterocycles. The van der Waals surface area contributed by atoms with Crippen LogP contribution in [0.15, 0.2) is 24.3 Å². The summed E-state index contributed by atoms with van der Waals surface area (Å²) in [6.45, 7) is 4.24. The van der Waals surface area contributed by atoms with Crippen molar-refractivity contribution in [2.75, 3.05) is 13.2 Å². The van der Waals surface area contributed by atoms with Crippen molar-refractivity contribution >= 4 is 5.91 Å². The predicted molar refractivity (Wildman–Crippen MR) is 68.7 cm³/mol. The minimum Gasteiger partial charge on any atom is -0.396 e. The molecule has 1 aromatic carbocycles. The molecule has 4 nitrogen and oxygen atoms in total. The minimum absolute atomic E-state index is 0.0319. The molecule has 96 valence electrons. The highest BCUT2D eigenvalue weighted by molar-refractivity contribution is 5.78. The van der Waals surface area contributed by atoms with E-state index >= 15 is 0 Å². The highest BCUT2D eigenvalue weighted by atomic mass is 16.3. The highest BCUT2D eigenvalue weighted by Gasteiger charge is 2.17. The smallest absolute Gasteiger partial charge is 0.224 e. The average Bonchev–Trinajstić information content (AvgIpc) is 2.37. The van der Waals surface area contributed by atoms with Crippen LogP contribution in [0.5, 0.6) is 0 Å². The minimum atomic E-state index is -0.305. The van der Waals surface area contributed by atoms with E-state index in [0.29, 0.717) is 12.1 Å². The van der Waals surface area contributed by atoms with Gasteiger partial charge in [0.25, 0.3) is 0 Å². The summed E-state index contributed by atoms with van der Waals surface area (Å²) in [4.78, 5) is 11.7. The Labute approximate surface area is 107 Å². The fourth-order valence-electron chi connectivity index (χ4n) is 1.34. The lowest BCUT2D eigenvalue weighted by Gasteiger charge is -2.21. The Balaban J connectivity index is 2.47. The molecule has 0 saturated heterocycles. The molecule has 18 heavy (non-hydrogen) atoms. The maximum absolute atomic E-state index is 11.7. The SMILES string of the molecule is CC(C)(CO)CNC(=O)Cc1ccc(C#N)cc1. The third-order valence-corrected chi connectivity index (χ3v) is 2.64. The number of hydrogen-bond donors (Lipinski definition) is 2. The average molecular weight is 246 g/mol. The number of rotatable bonds is 5. The van der Waals surface area contributed by atoms with Crippen molar-refractivity contribution in [3.63, 3.8) is 0 Å². The zero-order chi connectivity index (χ0) is 13.6. The summed E-state index contributed by atoms with van der Waals surface area (Å²) in [7, 11) is 0. The molecule has 0 spiro atoms. The van der Waals surface area contributed by atoms with Crippen molar-refractivity contribution in [2.45, 2.75) is 20.3 Å². The van der Waals surface area contributed by atoms with Gasteiger partial charge in [-0.2, -0.15) is 5.26 Å². The maximum Gasteiger partial charge on any atom is 0.224 e. The Kier molecular flexibility index (Phi) is 4.87. The lowest BCUT2D eigenvalue weighted by atomic mass is 9.95. The molecule has 0 saturated carbocycles. The second kappa shape index (κ2) is 6.18. The second-order valence-corrected chi connectivity index (χ2v) is 5.08. The highest BCUT2D eigenvalue weighted by Crippen LogP contribution is 2.11. The van der Waals surface area contributed by atoms with E-state index in [-0.39, 0.29) is 24.3 Å². The molecular formula is C14H18N2O2. The van der Waals surface area contributed by atoms with Gasteiger partial charge in [-0.15, -0.1) is 0 Å². The molecule has 0 heterocycles. The largest absolute Gasteiger partial charge is 0.396 e. The second-order valence-electron chi connectivity index (χ2n) is 5.08. The molecule has 1 aromatic rings. The van der Waals surface area contributed by atoms with Crippen molar-refractivity contribution < 1.29 is 9.90 Å². The van der Waals surface area contributed by atoms with Gasteiger partial charge in [0, 0.05) is 18.6 Å². The van der Waals surface area contributed by atoms with E-state index in [9.17, 15) is 4.79 Å². The third-order valence-electron chi connectivity index (χ3n) is 2.64. The van der Waals surface area contributed by atoms with Crippen LogP contribution in [0, 0.1) is 16.7 Å². The number of carbonyl (C=O) groups excluding carboxylic acids is 1. The number of hydrogen-bond acceptors (Lipinski definition) is 3. The van der Waals surface area contributed by atoms with Gasteiger partial charge in [-0.1, -0.05) is 26.0 Å². The Hall–Kier alpha value is -1.86. The molecule has 0 unspecified atom stereocenters. The van der Waals surface area contributed by atoms with Crippen molar-refractivity contribution in [3.8, 4) is 6.07 Å². The number of nitrogens with zero attached hydrogens (tertiary/aromatic N) is 1. The molecule has 2 N–H and O–H groups in total. The summed E-state index contributed by atoms with van der Waals surface area (Å²) in [5, 5.41) is 20.5. The Morgan fingerprint density at radius 1 is 1.39 bits per heavy atom. The number of nitriles is 1. The van der Waals surface area contributed by atoms with E-state index in [1.54, 1.807) is 24.3 Å². The van der Waals surface area contributed by atoms with Gasteiger partial charge in [-0.3, -0.25) is 4.79 Å². The van der Waals surface area contributed by atoms with Crippen LogP contribution in [0.2, 0.25) is 0 Å². The fourth-order valence-corrected chi connectivity index (χ4v) is 1.34. The first kappa shape index (κ1) is 14.2. The number of aliphatic hydroxyl groups excluding tert-OH is 1. The number of aliphatic hydroxyl groups is 1. The van der Waals surface area contributed by atoms with E-state index in [1.165, 1.54) is 0 Å². The summed E-state index contributed by atoms with van der Waals surface area (Å²) in [6, 6.07) is 8.97. The normalized spacial score (nSPS) is 10.8. The summed E-state index contributed by atoms with van der Waals surface area (Å²) in [5.41, 5.74) is 1.15. The number of amides is 1. The van der Waals surface area contributed by atoms with Crippen LogP contribution in [-0.2, 0) is 11.2 Å². The van der Waals surface area contributed by atoms with Crippen molar-refractivity contribution in [2.24, 2.45) is 5.41 Å². The first-order chi connectivity index (χ1) is 8.46. The maximum atomic E-state index is 11.7. The molecule has 0 bridgehead atoms. The zero-order valence-corrected chi connectivity index (χ0v) is 10.7. The molecule has 0 aliphatic rings. The number of carbonyl (C=O) groups is 1. The van der Waals surface area contributed by atoms with Crippen molar-refractivity contribution in [1.82, 2.24) is 5.32 Å². The Morgan fingerprint density at radius 3 is 2.50 bits per heavy atom. The van der Waals surface area contributed by atoms with E-state index in [0.717, 1.165) is 5.56 Å². The van der Waals surface area contributed by atoms with Gasteiger partial charge in [0.15, 0.2) is 0 Å². The van der Waals surface area contributed by atoms with Gasteiger partial charge in [0.05, 0.1) is 18.1 Å². The van der Waals surface area contributed by atoms with Crippen LogP contribution in [0.4, 0.5) is 0 Å². The van der Waals surface area contributed by atoms with E-state index in [1.807, 2.05) is 19.9 Å². The standard InChI is InChI=1S/C14H18N2O2/c1-14(2,10-17)9-16-13(18)7-11-3-5-12(8-15)6-4-11/h3-6,17H,7,9-10H2,1-2H3,(H,16,18). The molecule has 0 aromatic heterocycles. The van der Waals surface area contributed by atoms with E-state index in [2.05, 4.69) is 5.32 Å². The number of benzene rings is 1. The zero-order valence-electron chi connectivity index (χ0n) is 10.7. The number of nitrogens with one attached hydrogen (secondary N) is 1. The summed E-state index contributed by atoms with van der Waals surface area (Å²) in [5.74, 6) is -0.0822. The van der Waals surface area contributed by atoms with Crippen LogP contribution in [-0.4, -0.2) is 24.2 Å². The molecule has 0 radical (unpaired) electrons. The Bertz CT molecular complexity index is 444. The summed E-state index contributed by atoms with van der Waals surface area (Å²) < 4.78 is 0. The lowest BCUT2D eigenvalue weighted by molar-refractivity contribution is -0.121. The van der Waals surface area contributed by atoms with Crippen LogP contribution in [0.1, 0.15) is 25.0 Å². The summed E-state index contributed by atoms with van der Waals surface area (Å²) >= 11 is 0. The topological polar surface area (TPSA) is 73.1 Å². The monoisotopic (exact) mass is 246 g/mol. The fraction of sp³-hybridized carbons (Fsp3) is 0.429. The molecule has 1 rings (SSSR count). The van der Waals surface area contributed by atoms with Gasteiger partial charge in [-0.05, 0) is 17.7 Å². The quantitative estimate of drug-likeness (QED) is 0.820.